The van der Waals surface area contributed by atoms with Gasteiger partial charge in [0.15, 0.2) is 17.1 Å². The van der Waals surface area contributed by atoms with Crippen molar-refractivity contribution in [3.05, 3.63) is 28.9 Å². The fourth-order valence-corrected chi connectivity index (χ4v) is 5.56. The van der Waals surface area contributed by atoms with E-state index in [9.17, 15) is 14.0 Å². The summed E-state index contributed by atoms with van der Waals surface area (Å²) in [5.41, 5.74) is 1.72. The van der Waals surface area contributed by atoms with Crippen LogP contribution >= 0.6 is 11.6 Å². The maximum Gasteiger partial charge on any atom is 0.319 e. The molecule has 3 heterocycles. The molecule has 41 heavy (non-hydrogen) atoms. The fourth-order valence-electron chi connectivity index (χ4n) is 4.56. The van der Waals surface area contributed by atoms with Gasteiger partial charge in [0.05, 0.1) is 35.9 Å². The maximum atomic E-state index is 13.6. The molecule has 0 saturated carbocycles. The van der Waals surface area contributed by atoms with Crippen molar-refractivity contribution >= 4 is 30.7 Å². The lowest BCUT2D eigenvalue weighted by Gasteiger charge is -2.31. The Bertz CT molecular complexity index is 1410. The number of nitriles is 1. The first-order valence-corrected chi connectivity index (χ1v) is 17.6. The molecule has 1 aromatic carbocycles. The highest BCUT2D eigenvalue weighted by atomic mass is 35.5. The third-order valence-corrected chi connectivity index (χ3v) is 9.01. The predicted octanol–water partition coefficient (Wildman–Crippen LogP) is 6.06. The van der Waals surface area contributed by atoms with Crippen LogP contribution in [-0.2, 0) is 11.5 Å². The summed E-state index contributed by atoms with van der Waals surface area (Å²) >= 11 is 6.69. The van der Waals surface area contributed by atoms with Crippen molar-refractivity contribution in [1.29, 1.82) is 5.26 Å². The average Bonchev–Trinajstić information content (AvgIpc) is 3.28. The maximum absolute atomic E-state index is 13.6. The van der Waals surface area contributed by atoms with Gasteiger partial charge in [-0.25, -0.2) is 8.78 Å². The Balaban J connectivity index is 1.70. The molecule has 2 aromatic heterocycles. The largest absolute Gasteiger partial charge is 0.493 e. The van der Waals surface area contributed by atoms with E-state index in [2.05, 4.69) is 35.7 Å². The van der Waals surface area contributed by atoms with Gasteiger partial charge in [-0.3, -0.25) is 4.90 Å². The summed E-state index contributed by atoms with van der Waals surface area (Å²) in [4.78, 5) is 11.2. The lowest BCUT2D eigenvalue weighted by atomic mass is 10.1. The molecule has 1 saturated heterocycles. The van der Waals surface area contributed by atoms with Crippen LogP contribution in [0.3, 0.4) is 0 Å². The van der Waals surface area contributed by atoms with Crippen LogP contribution in [0, 0.1) is 11.3 Å². The van der Waals surface area contributed by atoms with Crippen LogP contribution in [-0.4, -0.2) is 80.5 Å². The van der Waals surface area contributed by atoms with Crippen LogP contribution in [0.4, 0.5) is 8.78 Å². The van der Waals surface area contributed by atoms with Gasteiger partial charge in [0.2, 0.25) is 0 Å². The number of aromatic nitrogens is 3. The van der Waals surface area contributed by atoms with Gasteiger partial charge in [0, 0.05) is 65.0 Å². The van der Waals surface area contributed by atoms with Crippen molar-refractivity contribution in [3.8, 4) is 34.8 Å². The lowest BCUT2D eigenvalue weighted by Crippen LogP contribution is -2.41. The van der Waals surface area contributed by atoms with Crippen LogP contribution in [0.25, 0.3) is 22.3 Å². The first-order valence-electron chi connectivity index (χ1n) is 13.5. The van der Waals surface area contributed by atoms with Crippen molar-refractivity contribution < 1.29 is 27.7 Å². The number of alkyl halides is 2. The van der Waals surface area contributed by atoms with Gasteiger partial charge in [0.1, 0.15) is 19.4 Å². The quantitative estimate of drug-likeness (QED) is 0.181. The van der Waals surface area contributed by atoms with E-state index in [-0.39, 0.29) is 32.2 Å². The van der Waals surface area contributed by atoms with Gasteiger partial charge < -0.3 is 23.5 Å². The summed E-state index contributed by atoms with van der Waals surface area (Å²) in [7, 11) is 1.75. The molecule has 0 radical (unpaired) electrons. The van der Waals surface area contributed by atoms with Crippen LogP contribution in [0.1, 0.15) is 18.4 Å². The molecule has 1 fully saturated rings. The number of halogens is 3. The Kier molecular flexibility index (Phi) is 9.74. The number of hydrogen-bond acceptors (Lipinski definition) is 8. The second kappa shape index (κ2) is 12.9. The second-order valence-corrected chi connectivity index (χ2v) is 17.3. The number of likely N-dealkylation sites (tertiary alicyclic amines) is 1. The molecular weight excluding hydrogens is 572 g/mol. The Morgan fingerprint density at radius 2 is 1.76 bits per heavy atom. The normalized spacial score (nSPS) is 15.6. The number of methoxy groups -OCH3 is 2. The molecule has 0 spiro atoms. The molecule has 0 bridgehead atoms. The number of fused-ring (bicyclic) bond motifs is 1. The van der Waals surface area contributed by atoms with E-state index in [0.717, 1.165) is 6.04 Å². The zero-order valence-corrected chi connectivity index (χ0v) is 25.9. The van der Waals surface area contributed by atoms with Gasteiger partial charge in [-0.2, -0.15) is 15.2 Å². The molecule has 3 aromatic rings. The van der Waals surface area contributed by atoms with E-state index in [1.807, 2.05) is 4.90 Å². The van der Waals surface area contributed by atoms with Gasteiger partial charge in [0.25, 0.3) is 5.92 Å². The Morgan fingerprint density at radius 1 is 1.07 bits per heavy atom. The Labute approximate surface area is 244 Å². The first kappa shape index (κ1) is 31.0. The highest BCUT2D eigenvalue weighted by Crippen LogP contribution is 2.41. The van der Waals surface area contributed by atoms with E-state index in [0.29, 0.717) is 70.6 Å². The molecule has 13 heteroatoms. The lowest BCUT2D eigenvalue weighted by molar-refractivity contribution is -0.0565. The molecule has 1 aliphatic rings. The highest BCUT2D eigenvalue weighted by molar-refractivity contribution is 6.76. The molecule has 0 aliphatic carbocycles. The van der Waals surface area contributed by atoms with Crippen molar-refractivity contribution in [2.45, 2.75) is 51.2 Å². The van der Waals surface area contributed by atoms with E-state index in [1.54, 1.807) is 22.9 Å². The van der Waals surface area contributed by atoms with E-state index in [4.69, 9.17) is 30.5 Å². The molecule has 0 amide bonds. The topological polar surface area (TPSA) is 94.7 Å². The monoisotopic (exact) mass is 607 g/mol. The number of hydrogen-bond donors (Lipinski definition) is 0. The van der Waals surface area contributed by atoms with Gasteiger partial charge in [-0.15, -0.1) is 0 Å². The smallest absolute Gasteiger partial charge is 0.319 e. The molecule has 0 atom stereocenters. The summed E-state index contributed by atoms with van der Waals surface area (Å²) in [6, 6.07) is 6.63. The second-order valence-electron chi connectivity index (χ2n) is 11.3. The van der Waals surface area contributed by atoms with Crippen molar-refractivity contribution in [2.24, 2.45) is 0 Å². The minimum absolute atomic E-state index is 0.0756. The van der Waals surface area contributed by atoms with Gasteiger partial charge in [-0.1, -0.05) is 31.2 Å². The summed E-state index contributed by atoms with van der Waals surface area (Å²) in [5.74, 6) is -1.72. The van der Waals surface area contributed by atoms with Crippen LogP contribution in [0.5, 0.6) is 17.5 Å². The third kappa shape index (κ3) is 7.65. The number of benzene rings is 1. The minimum Gasteiger partial charge on any atom is -0.493 e. The summed E-state index contributed by atoms with van der Waals surface area (Å²) < 4.78 is 51.7. The molecular formula is C28H36ClF2N5O4Si. The van der Waals surface area contributed by atoms with Crippen LogP contribution in [0.15, 0.2) is 18.3 Å². The van der Waals surface area contributed by atoms with E-state index >= 15 is 0 Å². The van der Waals surface area contributed by atoms with Crippen molar-refractivity contribution in [2.75, 3.05) is 47.1 Å². The Morgan fingerprint density at radius 3 is 2.39 bits per heavy atom. The SMILES string of the molecule is COc1cc(Cl)c(-c2nc(OCCN3CCC(F)(F)CC3)nc3c2c(C#N)cn3COCC[Si](C)(C)C)cc1OC. The average molecular weight is 608 g/mol. The van der Waals surface area contributed by atoms with Gasteiger partial charge in [-0.05, 0) is 12.1 Å². The van der Waals surface area contributed by atoms with Crippen LogP contribution in [0.2, 0.25) is 30.7 Å². The summed E-state index contributed by atoms with van der Waals surface area (Å²) in [6.07, 6.45) is 1.35. The number of nitrogens with zero attached hydrogens (tertiary/aromatic N) is 5. The molecule has 9 nitrogen and oxygen atoms in total. The minimum atomic E-state index is -2.61. The van der Waals surface area contributed by atoms with Crippen LogP contribution < -0.4 is 14.2 Å². The predicted molar refractivity (Wildman–Crippen MR) is 156 cm³/mol. The number of rotatable bonds is 12. The number of ether oxygens (including phenoxy) is 4. The van der Waals surface area contributed by atoms with Crippen molar-refractivity contribution in [3.63, 3.8) is 0 Å². The Hall–Kier alpha value is -2.98. The highest BCUT2D eigenvalue weighted by Gasteiger charge is 2.33. The van der Waals surface area contributed by atoms with E-state index < -0.39 is 14.0 Å². The molecule has 222 valence electrons. The standard InChI is InChI=1S/C28H36ClF2N5O4Si/c1-37-22-14-20(21(29)15-23(22)38-2)25-24-19(16-32)17-36(18-39-12-13-41(3,4)5)26(24)34-27(33-25)40-11-10-35-8-6-28(30,31)7-9-35/h14-15,17H,6-13,18H2,1-5H3. The zero-order chi connectivity index (χ0) is 29.8. The molecule has 0 unspecified atom stereocenters. The zero-order valence-electron chi connectivity index (χ0n) is 24.1. The molecule has 1 aliphatic heterocycles. The first-order chi connectivity index (χ1) is 19.4. The summed E-state index contributed by atoms with van der Waals surface area (Å²) in [6.45, 7) is 8.87. The fraction of sp³-hybridized carbons (Fsp3) is 0.536. The summed E-state index contributed by atoms with van der Waals surface area (Å²) in [5, 5.41) is 10.9. The van der Waals surface area contributed by atoms with Crippen molar-refractivity contribution in [1.82, 2.24) is 19.4 Å². The number of piperidine rings is 1. The van der Waals surface area contributed by atoms with E-state index in [1.165, 1.54) is 14.2 Å². The van der Waals surface area contributed by atoms with Gasteiger partial charge >= 0.3 is 6.01 Å². The molecule has 0 N–H and O–H groups in total. The third-order valence-electron chi connectivity index (χ3n) is 7.00. The molecule has 4 rings (SSSR count).